The highest BCUT2D eigenvalue weighted by atomic mass is 16.3. The fourth-order valence-electron chi connectivity index (χ4n) is 7.58. The van der Waals surface area contributed by atoms with Gasteiger partial charge in [0.2, 0.25) is 0 Å². The zero-order chi connectivity index (χ0) is 30.5. The second-order valence-electron chi connectivity index (χ2n) is 13.4. The molecule has 8 aromatic rings. The van der Waals surface area contributed by atoms with Crippen molar-refractivity contribution in [2.75, 3.05) is 4.90 Å². The molecule has 1 aliphatic rings. The molecule has 9 rings (SSSR count). The number of rotatable bonds is 3. The van der Waals surface area contributed by atoms with Crippen LogP contribution in [0.5, 0.6) is 0 Å². The average molecular weight is 584 g/mol. The minimum Gasteiger partial charge on any atom is -0.456 e. The maximum Gasteiger partial charge on any atom is 0.139 e. The number of furan rings is 2. The van der Waals surface area contributed by atoms with Crippen LogP contribution in [0.15, 0.2) is 136 Å². The highest BCUT2D eigenvalue weighted by Gasteiger charge is 2.48. The van der Waals surface area contributed by atoms with E-state index in [9.17, 15) is 0 Å². The van der Waals surface area contributed by atoms with Gasteiger partial charge in [-0.15, -0.1) is 0 Å². The van der Waals surface area contributed by atoms with E-state index in [2.05, 4.69) is 142 Å². The first-order valence-corrected chi connectivity index (χ1v) is 15.7. The van der Waals surface area contributed by atoms with Crippen LogP contribution >= 0.6 is 0 Å². The standard InChI is InChI=1S/C42H33NO2/c1-41(2)35-24-27(18-20-29(35)33-22-23-34-31-15-9-11-17-37(31)45-40(34)39(33)42(41,3)4)43(26-12-6-5-7-13-26)28-19-21-32-30-14-8-10-16-36(30)44-38(32)25-28/h5-25H,1-4H3. The molecule has 0 N–H and O–H groups in total. The molecule has 3 heteroatoms. The minimum atomic E-state index is -0.202. The van der Waals surface area contributed by atoms with Gasteiger partial charge in [-0.2, -0.15) is 0 Å². The van der Waals surface area contributed by atoms with E-state index >= 15 is 0 Å². The molecular formula is C42H33NO2. The summed E-state index contributed by atoms with van der Waals surface area (Å²) >= 11 is 0. The Morgan fingerprint density at radius 2 is 1.02 bits per heavy atom. The van der Waals surface area contributed by atoms with Gasteiger partial charge in [0.25, 0.3) is 0 Å². The van der Waals surface area contributed by atoms with Crippen LogP contribution in [0.4, 0.5) is 17.1 Å². The zero-order valence-corrected chi connectivity index (χ0v) is 25.9. The molecule has 0 saturated carbocycles. The highest BCUT2D eigenvalue weighted by molar-refractivity contribution is 6.09. The molecule has 218 valence electrons. The van der Waals surface area contributed by atoms with E-state index in [1.807, 2.05) is 18.2 Å². The summed E-state index contributed by atoms with van der Waals surface area (Å²) in [6.07, 6.45) is 0. The van der Waals surface area contributed by atoms with Crippen molar-refractivity contribution in [3.63, 3.8) is 0 Å². The van der Waals surface area contributed by atoms with Crippen molar-refractivity contribution in [3.05, 3.63) is 139 Å². The summed E-state index contributed by atoms with van der Waals surface area (Å²) < 4.78 is 12.9. The first-order chi connectivity index (χ1) is 21.8. The lowest BCUT2D eigenvalue weighted by molar-refractivity contribution is 0.299. The smallest absolute Gasteiger partial charge is 0.139 e. The molecule has 2 aromatic heterocycles. The van der Waals surface area contributed by atoms with E-state index in [1.54, 1.807) is 0 Å². The normalized spacial score (nSPS) is 15.0. The van der Waals surface area contributed by atoms with E-state index in [4.69, 9.17) is 8.83 Å². The molecular weight excluding hydrogens is 550 g/mol. The lowest BCUT2D eigenvalue weighted by Crippen LogP contribution is -2.43. The van der Waals surface area contributed by atoms with Gasteiger partial charge < -0.3 is 13.7 Å². The molecule has 0 spiro atoms. The van der Waals surface area contributed by atoms with Gasteiger partial charge in [-0.3, -0.25) is 0 Å². The maximum absolute atomic E-state index is 6.61. The molecule has 3 nitrogen and oxygen atoms in total. The van der Waals surface area contributed by atoms with Crippen molar-refractivity contribution in [2.24, 2.45) is 0 Å². The van der Waals surface area contributed by atoms with Crippen LogP contribution in [0.2, 0.25) is 0 Å². The molecule has 0 unspecified atom stereocenters. The van der Waals surface area contributed by atoms with Gasteiger partial charge in [-0.05, 0) is 76.7 Å². The molecule has 0 bridgehead atoms. The average Bonchev–Trinajstić information content (AvgIpc) is 3.62. The third-order valence-corrected chi connectivity index (χ3v) is 10.6. The number of benzene rings is 6. The zero-order valence-electron chi connectivity index (χ0n) is 25.9. The Kier molecular flexibility index (Phi) is 5.30. The predicted octanol–water partition coefficient (Wildman–Crippen LogP) is 12.2. The van der Waals surface area contributed by atoms with Crippen molar-refractivity contribution < 1.29 is 8.83 Å². The molecule has 0 atom stereocenters. The minimum absolute atomic E-state index is 0.191. The first kappa shape index (κ1) is 26.2. The van der Waals surface area contributed by atoms with Crippen LogP contribution in [0.25, 0.3) is 55.0 Å². The van der Waals surface area contributed by atoms with Gasteiger partial charge in [0.1, 0.15) is 22.3 Å². The first-order valence-electron chi connectivity index (χ1n) is 15.7. The van der Waals surface area contributed by atoms with Crippen LogP contribution in [-0.4, -0.2) is 0 Å². The molecule has 0 amide bonds. The summed E-state index contributed by atoms with van der Waals surface area (Å²) in [6.45, 7) is 9.51. The lowest BCUT2D eigenvalue weighted by atomic mass is 9.55. The summed E-state index contributed by atoms with van der Waals surface area (Å²) in [5.74, 6) is 0. The SMILES string of the molecule is CC1(C)c2cc(N(c3ccccc3)c3ccc4c(c3)oc3ccccc34)ccc2-c2ccc3c(oc4ccccc43)c2C1(C)C. The van der Waals surface area contributed by atoms with E-state index in [0.29, 0.717) is 0 Å². The van der Waals surface area contributed by atoms with E-state index in [-0.39, 0.29) is 10.8 Å². The molecule has 1 aliphatic carbocycles. The number of anilines is 3. The molecule has 0 radical (unpaired) electrons. The van der Waals surface area contributed by atoms with E-state index in [0.717, 1.165) is 50.2 Å². The molecule has 0 fully saturated rings. The van der Waals surface area contributed by atoms with Crippen LogP contribution in [0.3, 0.4) is 0 Å². The number of para-hydroxylation sites is 3. The number of hydrogen-bond acceptors (Lipinski definition) is 3. The molecule has 2 heterocycles. The Morgan fingerprint density at radius 1 is 0.444 bits per heavy atom. The second kappa shape index (κ2) is 9.12. The van der Waals surface area contributed by atoms with Crippen molar-refractivity contribution in [1.82, 2.24) is 0 Å². The van der Waals surface area contributed by atoms with Crippen molar-refractivity contribution in [3.8, 4) is 11.1 Å². The Hall–Kier alpha value is -5.28. The quantitative estimate of drug-likeness (QED) is 0.207. The number of hydrogen-bond donors (Lipinski definition) is 0. The molecule has 0 aliphatic heterocycles. The highest BCUT2D eigenvalue weighted by Crippen LogP contribution is 2.57. The third-order valence-electron chi connectivity index (χ3n) is 10.6. The third kappa shape index (κ3) is 3.58. The fraction of sp³-hybridized carbons (Fsp3) is 0.143. The Balaban J connectivity index is 1.27. The molecule has 45 heavy (non-hydrogen) atoms. The van der Waals surface area contributed by atoms with Crippen LogP contribution in [0, 0.1) is 0 Å². The van der Waals surface area contributed by atoms with Gasteiger partial charge in [-0.25, -0.2) is 0 Å². The van der Waals surface area contributed by atoms with E-state index in [1.165, 1.54) is 33.0 Å². The van der Waals surface area contributed by atoms with Gasteiger partial charge in [0.15, 0.2) is 0 Å². The van der Waals surface area contributed by atoms with Crippen molar-refractivity contribution >= 4 is 60.9 Å². The Bertz CT molecular complexity index is 2440. The fourth-order valence-corrected chi connectivity index (χ4v) is 7.58. The van der Waals surface area contributed by atoms with Crippen LogP contribution in [0.1, 0.15) is 38.8 Å². The largest absolute Gasteiger partial charge is 0.456 e. The number of nitrogens with zero attached hydrogens (tertiary/aromatic N) is 1. The van der Waals surface area contributed by atoms with Crippen LogP contribution in [-0.2, 0) is 10.8 Å². The monoisotopic (exact) mass is 583 g/mol. The second-order valence-corrected chi connectivity index (χ2v) is 13.4. The van der Waals surface area contributed by atoms with Gasteiger partial charge in [-0.1, -0.05) is 94.4 Å². The Morgan fingerprint density at radius 3 is 1.80 bits per heavy atom. The van der Waals surface area contributed by atoms with Gasteiger partial charge >= 0.3 is 0 Å². The summed E-state index contributed by atoms with van der Waals surface area (Å²) in [7, 11) is 0. The summed E-state index contributed by atoms with van der Waals surface area (Å²) in [6, 6.07) is 45.3. The van der Waals surface area contributed by atoms with Crippen LogP contribution < -0.4 is 4.90 Å². The maximum atomic E-state index is 6.61. The summed E-state index contributed by atoms with van der Waals surface area (Å²) in [5.41, 5.74) is 11.8. The van der Waals surface area contributed by atoms with E-state index < -0.39 is 0 Å². The van der Waals surface area contributed by atoms with Crippen molar-refractivity contribution in [1.29, 1.82) is 0 Å². The topological polar surface area (TPSA) is 29.5 Å². The summed E-state index contributed by atoms with van der Waals surface area (Å²) in [5, 5.41) is 4.62. The van der Waals surface area contributed by atoms with Gasteiger partial charge in [0.05, 0.1) is 0 Å². The molecule has 6 aromatic carbocycles. The lowest BCUT2D eigenvalue weighted by Gasteiger charge is -2.48. The Labute approximate surface area is 262 Å². The summed E-state index contributed by atoms with van der Waals surface area (Å²) in [4.78, 5) is 2.34. The number of fused-ring (bicyclic) bond motifs is 10. The van der Waals surface area contributed by atoms with Crippen molar-refractivity contribution in [2.45, 2.75) is 38.5 Å². The predicted molar refractivity (Wildman–Crippen MR) is 187 cm³/mol. The molecule has 0 saturated heterocycles. The van der Waals surface area contributed by atoms with Gasteiger partial charge in [0, 0.05) is 55.7 Å².